The van der Waals surface area contributed by atoms with Gasteiger partial charge in [-0.15, -0.1) is 0 Å². The summed E-state index contributed by atoms with van der Waals surface area (Å²) in [5, 5.41) is 2.47. The summed E-state index contributed by atoms with van der Waals surface area (Å²) in [7, 11) is -3.43. The molecule has 0 aliphatic heterocycles. The van der Waals surface area contributed by atoms with Crippen LogP contribution in [0.5, 0.6) is 0 Å². The summed E-state index contributed by atoms with van der Waals surface area (Å²) in [4.78, 5) is 21.5. The third-order valence-electron chi connectivity index (χ3n) is 1.86. The Morgan fingerprint density at radius 3 is 2.44 bits per heavy atom. The third kappa shape index (κ3) is 2.90. The first-order valence-electron chi connectivity index (χ1n) is 4.41. The molecule has 0 heterocycles. The Bertz CT molecular complexity index is 534. The van der Waals surface area contributed by atoms with E-state index in [4.69, 9.17) is 0 Å². The molecule has 0 aromatic heterocycles. The molecule has 0 spiro atoms. The second-order valence-electron chi connectivity index (χ2n) is 3.32. The molecule has 0 bridgehead atoms. The minimum absolute atomic E-state index is 0.0359. The SMILES string of the molecule is CC(=O)Nc1ccc(S(C)(=O)=O)c(C=O)c1. The number of sulfone groups is 1. The number of aldehydes is 1. The quantitative estimate of drug-likeness (QED) is 0.796. The number of carbonyl (C=O) groups is 2. The van der Waals surface area contributed by atoms with E-state index < -0.39 is 9.84 Å². The van der Waals surface area contributed by atoms with E-state index >= 15 is 0 Å². The lowest BCUT2D eigenvalue weighted by atomic mass is 10.2. The van der Waals surface area contributed by atoms with Crippen molar-refractivity contribution in [3.63, 3.8) is 0 Å². The number of carbonyl (C=O) groups excluding carboxylic acids is 2. The first kappa shape index (κ1) is 12.4. The fraction of sp³-hybridized carbons (Fsp3) is 0.200. The minimum atomic E-state index is -3.43. The first-order valence-corrected chi connectivity index (χ1v) is 6.30. The van der Waals surface area contributed by atoms with Gasteiger partial charge in [0.25, 0.3) is 0 Å². The number of benzene rings is 1. The van der Waals surface area contributed by atoms with Gasteiger partial charge in [-0.25, -0.2) is 8.42 Å². The number of anilines is 1. The lowest BCUT2D eigenvalue weighted by Crippen LogP contribution is -2.08. The second-order valence-corrected chi connectivity index (χ2v) is 5.31. The van der Waals surface area contributed by atoms with Crippen LogP contribution in [-0.2, 0) is 14.6 Å². The van der Waals surface area contributed by atoms with E-state index in [2.05, 4.69) is 5.32 Å². The third-order valence-corrected chi connectivity index (χ3v) is 3.03. The van der Waals surface area contributed by atoms with Gasteiger partial charge in [0.2, 0.25) is 5.91 Å². The van der Waals surface area contributed by atoms with Crippen LogP contribution in [0.1, 0.15) is 17.3 Å². The molecule has 5 nitrogen and oxygen atoms in total. The fourth-order valence-corrected chi connectivity index (χ4v) is 2.11. The van der Waals surface area contributed by atoms with Crippen LogP contribution in [0.3, 0.4) is 0 Å². The maximum Gasteiger partial charge on any atom is 0.221 e. The zero-order valence-corrected chi connectivity index (χ0v) is 9.67. The Balaban J connectivity index is 3.28. The molecule has 0 aliphatic rings. The largest absolute Gasteiger partial charge is 0.326 e. The molecule has 1 amide bonds. The molecule has 0 radical (unpaired) electrons. The van der Waals surface area contributed by atoms with Crippen molar-refractivity contribution in [1.82, 2.24) is 0 Å². The number of rotatable bonds is 3. The van der Waals surface area contributed by atoms with Crippen LogP contribution >= 0.6 is 0 Å². The number of nitrogens with one attached hydrogen (secondary N) is 1. The summed E-state index contributed by atoms with van der Waals surface area (Å²) in [6, 6.07) is 4.06. The van der Waals surface area contributed by atoms with Crippen LogP contribution in [0.15, 0.2) is 23.1 Å². The highest BCUT2D eigenvalue weighted by atomic mass is 32.2. The van der Waals surface area contributed by atoms with Crippen molar-refractivity contribution in [2.45, 2.75) is 11.8 Å². The van der Waals surface area contributed by atoms with E-state index in [-0.39, 0.29) is 16.4 Å². The molecule has 0 aliphatic carbocycles. The summed E-state index contributed by atoms with van der Waals surface area (Å²) in [6.07, 6.45) is 1.47. The van der Waals surface area contributed by atoms with Crippen molar-refractivity contribution in [3.05, 3.63) is 23.8 Å². The normalized spacial score (nSPS) is 10.9. The number of hydrogen-bond acceptors (Lipinski definition) is 4. The van der Waals surface area contributed by atoms with Crippen LogP contribution in [-0.4, -0.2) is 26.9 Å². The van der Waals surface area contributed by atoms with E-state index in [1.165, 1.54) is 25.1 Å². The van der Waals surface area contributed by atoms with Crippen LogP contribution in [0.2, 0.25) is 0 Å². The molecule has 0 atom stereocenters. The number of amides is 1. The molecule has 0 saturated heterocycles. The van der Waals surface area contributed by atoms with Crippen molar-refractivity contribution in [2.24, 2.45) is 0 Å². The van der Waals surface area contributed by atoms with Crippen molar-refractivity contribution in [1.29, 1.82) is 0 Å². The zero-order chi connectivity index (χ0) is 12.3. The minimum Gasteiger partial charge on any atom is -0.326 e. The van der Waals surface area contributed by atoms with Gasteiger partial charge in [-0.3, -0.25) is 9.59 Å². The van der Waals surface area contributed by atoms with E-state index in [0.29, 0.717) is 12.0 Å². The Labute approximate surface area is 93.4 Å². The molecule has 0 fully saturated rings. The zero-order valence-electron chi connectivity index (χ0n) is 8.85. The standard InChI is InChI=1S/C10H11NO4S/c1-7(13)11-9-3-4-10(16(2,14)15)8(5-9)6-12/h3-6H,1-2H3,(H,11,13). The van der Waals surface area contributed by atoms with Crippen LogP contribution in [0.4, 0.5) is 5.69 Å². The average molecular weight is 241 g/mol. The summed E-state index contributed by atoms with van der Waals surface area (Å²) in [5.74, 6) is -0.288. The van der Waals surface area contributed by atoms with Gasteiger partial charge in [-0.1, -0.05) is 0 Å². The smallest absolute Gasteiger partial charge is 0.221 e. The van der Waals surface area contributed by atoms with Crippen LogP contribution < -0.4 is 5.32 Å². The van der Waals surface area contributed by atoms with Crippen molar-refractivity contribution in [3.8, 4) is 0 Å². The van der Waals surface area contributed by atoms with Crippen LogP contribution in [0, 0.1) is 0 Å². The van der Waals surface area contributed by atoms with Gasteiger partial charge in [0.1, 0.15) is 0 Å². The summed E-state index contributed by atoms with van der Waals surface area (Å²) < 4.78 is 22.6. The molecule has 0 unspecified atom stereocenters. The molecule has 86 valence electrons. The monoisotopic (exact) mass is 241 g/mol. The van der Waals surface area contributed by atoms with Gasteiger partial charge in [-0.2, -0.15) is 0 Å². The maximum absolute atomic E-state index is 11.3. The Kier molecular flexibility index (Phi) is 3.44. The second kappa shape index (κ2) is 4.44. The molecule has 1 N–H and O–H groups in total. The molecule has 1 rings (SSSR count). The van der Waals surface area contributed by atoms with E-state index in [1.54, 1.807) is 0 Å². The highest BCUT2D eigenvalue weighted by Crippen LogP contribution is 2.18. The number of hydrogen-bond donors (Lipinski definition) is 1. The lowest BCUT2D eigenvalue weighted by molar-refractivity contribution is -0.114. The predicted molar refractivity (Wildman–Crippen MR) is 59.2 cm³/mol. The van der Waals surface area contributed by atoms with Gasteiger partial charge in [0, 0.05) is 24.4 Å². The van der Waals surface area contributed by atoms with Gasteiger partial charge in [0.05, 0.1) is 4.90 Å². The van der Waals surface area contributed by atoms with Gasteiger partial charge >= 0.3 is 0 Å². The van der Waals surface area contributed by atoms with E-state index in [1.807, 2.05) is 0 Å². The van der Waals surface area contributed by atoms with Crippen molar-refractivity contribution < 1.29 is 18.0 Å². The fourth-order valence-electron chi connectivity index (χ4n) is 1.26. The summed E-state index contributed by atoms with van der Waals surface area (Å²) in [5.41, 5.74) is 0.427. The molecule has 1 aromatic carbocycles. The van der Waals surface area contributed by atoms with Crippen molar-refractivity contribution >= 4 is 27.7 Å². The lowest BCUT2D eigenvalue weighted by Gasteiger charge is -2.06. The predicted octanol–water partition coefficient (Wildman–Crippen LogP) is 0.861. The Morgan fingerprint density at radius 1 is 1.38 bits per heavy atom. The molecular weight excluding hydrogens is 230 g/mol. The highest BCUT2D eigenvalue weighted by molar-refractivity contribution is 7.90. The van der Waals surface area contributed by atoms with Gasteiger partial charge < -0.3 is 5.32 Å². The molecule has 6 heteroatoms. The Morgan fingerprint density at radius 2 is 2.00 bits per heavy atom. The van der Waals surface area contributed by atoms with Gasteiger partial charge in [-0.05, 0) is 18.2 Å². The van der Waals surface area contributed by atoms with Gasteiger partial charge in [0.15, 0.2) is 16.1 Å². The van der Waals surface area contributed by atoms with Crippen molar-refractivity contribution in [2.75, 3.05) is 11.6 Å². The van der Waals surface area contributed by atoms with Crippen LogP contribution in [0.25, 0.3) is 0 Å². The maximum atomic E-state index is 11.3. The molecule has 16 heavy (non-hydrogen) atoms. The summed E-state index contributed by atoms with van der Waals surface area (Å²) in [6.45, 7) is 1.32. The van der Waals surface area contributed by atoms with E-state index in [9.17, 15) is 18.0 Å². The Hall–Kier alpha value is -1.69. The van der Waals surface area contributed by atoms with E-state index in [0.717, 1.165) is 6.26 Å². The first-order chi connectivity index (χ1) is 7.34. The highest BCUT2D eigenvalue weighted by Gasteiger charge is 2.13. The molecular formula is C10H11NO4S. The topological polar surface area (TPSA) is 80.3 Å². The molecule has 1 aromatic rings. The summed E-state index contributed by atoms with van der Waals surface area (Å²) >= 11 is 0. The molecule has 0 saturated carbocycles. The average Bonchev–Trinajstić information content (AvgIpc) is 2.14.